The van der Waals surface area contributed by atoms with E-state index in [1.54, 1.807) is 26.7 Å². The van der Waals surface area contributed by atoms with E-state index in [9.17, 15) is 19.2 Å². The fourth-order valence-corrected chi connectivity index (χ4v) is 8.93. The summed E-state index contributed by atoms with van der Waals surface area (Å²) in [6.45, 7) is 14.7. The molecule has 4 atom stereocenters. The summed E-state index contributed by atoms with van der Waals surface area (Å²) in [5.74, 6) is -1.77. The molecule has 5 heterocycles. The van der Waals surface area contributed by atoms with Gasteiger partial charge in [0.05, 0.1) is 41.5 Å². The van der Waals surface area contributed by atoms with Gasteiger partial charge < -0.3 is 29.2 Å². The van der Waals surface area contributed by atoms with Gasteiger partial charge in [0.2, 0.25) is 11.8 Å². The van der Waals surface area contributed by atoms with Gasteiger partial charge in [-0.3, -0.25) is 29.2 Å². The van der Waals surface area contributed by atoms with Gasteiger partial charge in [0.25, 0.3) is 5.91 Å². The number of imidazole rings is 1. The van der Waals surface area contributed by atoms with Crippen molar-refractivity contribution in [1.82, 2.24) is 40.2 Å². The number of rotatable bonds is 8. The summed E-state index contributed by atoms with van der Waals surface area (Å²) in [5.41, 5.74) is 11.8. The zero-order valence-corrected chi connectivity index (χ0v) is 36.2. The summed E-state index contributed by atoms with van der Waals surface area (Å²) in [6.07, 6.45) is 4.95. The number of fused-ring (bicyclic) bond motifs is 8. The number of carbonyl (C=O) groups is 4. The van der Waals surface area contributed by atoms with Crippen LogP contribution in [0.3, 0.4) is 0 Å². The number of likely N-dealkylation sites (N-methyl/N-ethyl adjacent to an activating group) is 1. The number of hydrogen-bond acceptors (Lipinski definition) is 9. The Bertz CT molecular complexity index is 2430. The van der Waals surface area contributed by atoms with Crippen LogP contribution in [0.25, 0.3) is 44.3 Å². The monoisotopic (exact) mass is 818 g/mol. The topological polar surface area (TPSA) is 164 Å². The lowest BCUT2D eigenvalue weighted by Gasteiger charge is -2.36. The van der Waals surface area contributed by atoms with Gasteiger partial charge >= 0.3 is 5.97 Å². The van der Waals surface area contributed by atoms with Gasteiger partial charge in [0.1, 0.15) is 18.1 Å². The molecule has 14 heteroatoms. The van der Waals surface area contributed by atoms with Crippen LogP contribution in [-0.2, 0) is 48.0 Å². The molecule has 3 aromatic heterocycles. The molecule has 14 nitrogen and oxygen atoms in total. The highest BCUT2D eigenvalue weighted by Gasteiger charge is 2.37. The number of aromatic amines is 1. The van der Waals surface area contributed by atoms with Crippen LogP contribution in [0.5, 0.6) is 0 Å². The maximum Gasteiger partial charge on any atom is 0.324 e. The van der Waals surface area contributed by atoms with Crippen LogP contribution < -0.4 is 10.7 Å². The van der Waals surface area contributed by atoms with E-state index in [4.69, 9.17) is 14.5 Å². The highest BCUT2D eigenvalue weighted by molar-refractivity contribution is 5.99. The molecule has 1 fully saturated rings. The number of hydrazine groups is 1. The second-order valence-electron chi connectivity index (χ2n) is 17.4. The Morgan fingerprint density at radius 2 is 1.88 bits per heavy atom. The zero-order chi connectivity index (χ0) is 43.0. The van der Waals surface area contributed by atoms with Gasteiger partial charge in [-0.25, -0.2) is 10.4 Å². The lowest BCUT2D eigenvalue weighted by molar-refractivity contribution is -0.155. The lowest BCUT2D eigenvalue weighted by atomic mass is 9.84. The number of esters is 1. The number of aromatic nitrogens is 4. The second kappa shape index (κ2) is 17.2. The van der Waals surface area contributed by atoms with Crippen LogP contribution in [-0.4, -0.2) is 98.6 Å². The van der Waals surface area contributed by atoms with E-state index < -0.39 is 41.3 Å². The predicted molar refractivity (Wildman–Crippen MR) is 230 cm³/mol. The molecule has 3 N–H and O–H groups in total. The molecular formula is C46H58N8O6. The first-order chi connectivity index (χ1) is 28.6. The molecule has 5 aromatic rings. The summed E-state index contributed by atoms with van der Waals surface area (Å²) in [7, 11) is 3.28. The SMILES string of the molecule is CCn1c(-c2cccnc2[C@H](C)OC)c2c3cc(ccc31)-c1cc(cc3nc[nH]c13)C[C@H](NC(=O)[C@H](C(C)C)N(C)C(C)=O)C(=O)N1CCC[C@H](N1)C(=O)OCC(C)(C)C2. The second-order valence-corrected chi connectivity index (χ2v) is 17.4. The summed E-state index contributed by atoms with van der Waals surface area (Å²) in [6, 6.07) is 11.9. The van der Waals surface area contributed by atoms with Gasteiger partial charge in [0, 0.05) is 74.2 Å². The number of pyridine rings is 1. The minimum absolute atomic E-state index is 0.127. The smallest absolute Gasteiger partial charge is 0.324 e. The third kappa shape index (κ3) is 8.27. The van der Waals surface area contributed by atoms with Gasteiger partial charge in [-0.05, 0) is 92.1 Å². The number of nitrogens with one attached hydrogen (secondary N) is 3. The Morgan fingerprint density at radius 3 is 2.60 bits per heavy atom. The first-order valence-electron chi connectivity index (χ1n) is 21.0. The quantitative estimate of drug-likeness (QED) is 0.157. The van der Waals surface area contributed by atoms with Crippen molar-refractivity contribution in [3.05, 3.63) is 71.8 Å². The van der Waals surface area contributed by atoms with Gasteiger partial charge in [0.15, 0.2) is 0 Å². The Labute approximate surface area is 351 Å². The molecule has 0 aliphatic carbocycles. The number of methoxy groups -OCH3 is 1. The summed E-state index contributed by atoms with van der Waals surface area (Å²) >= 11 is 0. The van der Waals surface area contributed by atoms with E-state index in [-0.39, 0.29) is 31.0 Å². The Kier molecular flexibility index (Phi) is 12.2. The number of carbonyl (C=O) groups excluding carboxylic acids is 4. The van der Waals surface area contributed by atoms with Gasteiger partial charge in [-0.15, -0.1) is 0 Å². The van der Waals surface area contributed by atoms with E-state index >= 15 is 0 Å². The van der Waals surface area contributed by atoms with Crippen LogP contribution in [0.1, 0.15) is 84.2 Å². The Balaban J connectivity index is 1.43. The summed E-state index contributed by atoms with van der Waals surface area (Å²) in [4.78, 5) is 69.2. The summed E-state index contributed by atoms with van der Waals surface area (Å²) < 4.78 is 14.3. The molecular weight excluding hydrogens is 761 g/mol. The van der Waals surface area contributed by atoms with Crippen molar-refractivity contribution in [1.29, 1.82) is 0 Å². The molecule has 7 rings (SSSR count). The van der Waals surface area contributed by atoms with Crippen molar-refractivity contribution in [2.24, 2.45) is 11.3 Å². The summed E-state index contributed by atoms with van der Waals surface area (Å²) in [5, 5.41) is 5.52. The van der Waals surface area contributed by atoms with Crippen molar-refractivity contribution < 1.29 is 28.7 Å². The zero-order valence-electron chi connectivity index (χ0n) is 36.2. The number of nitrogens with zero attached hydrogens (tertiary/aromatic N) is 5. The number of H-pyrrole nitrogens is 1. The minimum Gasteiger partial charge on any atom is -0.464 e. The van der Waals surface area contributed by atoms with Gasteiger partial charge in [-0.1, -0.05) is 33.8 Å². The van der Waals surface area contributed by atoms with Crippen LogP contribution >= 0.6 is 0 Å². The van der Waals surface area contributed by atoms with Crippen molar-refractivity contribution in [3.8, 4) is 22.4 Å². The maximum atomic E-state index is 14.6. The first-order valence-corrected chi connectivity index (χ1v) is 21.0. The Morgan fingerprint density at radius 1 is 1.10 bits per heavy atom. The number of hydrogen-bond donors (Lipinski definition) is 3. The third-order valence-electron chi connectivity index (χ3n) is 12.1. The van der Waals surface area contributed by atoms with Crippen molar-refractivity contribution in [3.63, 3.8) is 0 Å². The molecule has 6 bridgehead atoms. The van der Waals surface area contributed by atoms with Crippen LogP contribution in [0.15, 0.2) is 55.0 Å². The molecule has 0 spiro atoms. The third-order valence-corrected chi connectivity index (χ3v) is 12.1. The molecule has 0 unspecified atom stereocenters. The van der Waals surface area contributed by atoms with Crippen LogP contribution in [0, 0.1) is 11.3 Å². The van der Waals surface area contributed by atoms with Crippen molar-refractivity contribution >= 4 is 45.6 Å². The molecule has 60 heavy (non-hydrogen) atoms. The van der Waals surface area contributed by atoms with Gasteiger partial charge in [-0.2, -0.15) is 0 Å². The normalized spacial score (nSPS) is 19.5. The first kappa shape index (κ1) is 42.5. The van der Waals surface area contributed by atoms with Crippen LogP contribution in [0.2, 0.25) is 0 Å². The van der Waals surface area contributed by atoms with Crippen LogP contribution in [0.4, 0.5) is 0 Å². The van der Waals surface area contributed by atoms with E-state index in [1.165, 1.54) is 16.8 Å². The number of cyclic esters (lactones) is 1. The fourth-order valence-electron chi connectivity index (χ4n) is 8.93. The van der Waals surface area contributed by atoms with Crippen molar-refractivity contribution in [2.45, 2.75) is 105 Å². The molecule has 0 radical (unpaired) electrons. The molecule has 3 amide bonds. The standard InChI is InChI=1S/C46H58N8O6/c1-10-53-38-16-15-30-22-33(38)34(42(53)31-13-11-17-47-39(31)27(4)59-9)23-46(6,7)24-60-45(58)35-14-12-18-54(51-35)44(57)37(50-43(56)41(26(2)3)52(8)28(5)55)21-29-19-32(30)40-36(20-29)48-25-49-40/h11,13,15-17,19-20,22,25-27,35,37,41,51H,10,12,14,18,21,23-24H2,1-9H3,(H,48,49)(H,50,56)/t27-,35-,37-,41-/m0/s1. The average Bonchev–Trinajstić information content (AvgIpc) is 3.83. The van der Waals surface area contributed by atoms with Crippen molar-refractivity contribution in [2.75, 3.05) is 27.3 Å². The van der Waals surface area contributed by atoms with E-state index in [0.29, 0.717) is 37.9 Å². The number of amides is 3. The highest BCUT2D eigenvalue weighted by atomic mass is 16.5. The molecule has 2 aliphatic heterocycles. The minimum atomic E-state index is -1.04. The Hall–Kier alpha value is -5.60. The lowest BCUT2D eigenvalue weighted by Crippen LogP contribution is -2.62. The number of aryl methyl sites for hydroxylation is 1. The fraction of sp³-hybridized carbons (Fsp3) is 0.478. The molecule has 2 aromatic carbocycles. The molecule has 1 saturated heterocycles. The van der Waals surface area contributed by atoms with E-state index in [2.05, 4.69) is 76.4 Å². The largest absolute Gasteiger partial charge is 0.464 e. The predicted octanol–water partition coefficient (Wildman–Crippen LogP) is 6.13. The highest BCUT2D eigenvalue weighted by Crippen LogP contribution is 2.42. The average molecular weight is 819 g/mol. The van der Waals surface area contributed by atoms with E-state index in [0.717, 1.165) is 55.6 Å². The molecule has 318 valence electrons. The maximum absolute atomic E-state index is 14.6. The number of ether oxygens (including phenoxy) is 2. The molecule has 2 aliphatic rings. The molecule has 0 saturated carbocycles. The van der Waals surface area contributed by atoms with E-state index in [1.807, 2.05) is 32.9 Å². The number of benzene rings is 2.